The van der Waals surface area contributed by atoms with Crippen molar-refractivity contribution >= 4 is 23.3 Å². The van der Waals surface area contributed by atoms with Gasteiger partial charge in [-0.25, -0.2) is 4.79 Å². The molecule has 0 bridgehead atoms. The van der Waals surface area contributed by atoms with Crippen molar-refractivity contribution in [2.75, 3.05) is 30.3 Å². The van der Waals surface area contributed by atoms with E-state index in [1.165, 1.54) is 0 Å². The Hall–Kier alpha value is -2.24. The molecule has 6 nitrogen and oxygen atoms in total. The first-order chi connectivity index (χ1) is 11.6. The molecule has 0 spiro atoms. The highest BCUT2D eigenvalue weighted by atomic mass is 16.2. The van der Waals surface area contributed by atoms with Crippen LogP contribution in [0.1, 0.15) is 39.5 Å². The average Bonchev–Trinajstić information content (AvgIpc) is 2.56. The van der Waals surface area contributed by atoms with Crippen LogP contribution in [-0.4, -0.2) is 42.5 Å². The van der Waals surface area contributed by atoms with Crippen LogP contribution in [-0.2, 0) is 4.79 Å². The zero-order valence-corrected chi connectivity index (χ0v) is 14.6. The topological polar surface area (TPSA) is 73.5 Å². The molecule has 0 atom stereocenters. The monoisotopic (exact) mass is 332 g/mol. The Labute approximate surface area is 144 Å². The predicted molar refractivity (Wildman–Crippen MR) is 97.3 cm³/mol. The van der Waals surface area contributed by atoms with Crippen molar-refractivity contribution in [3.05, 3.63) is 24.3 Å². The molecular weight excluding hydrogens is 304 g/mol. The van der Waals surface area contributed by atoms with E-state index in [-0.39, 0.29) is 11.9 Å². The van der Waals surface area contributed by atoms with Crippen molar-refractivity contribution in [2.24, 2.45) is 0 Å². The molecule has 1 aliphatic heterocycles. The minimum Gasteiger partial charge on any atom is -0.382 e. The number of urea groups is 1. The fraction of sp³-hybridized carbons (Fsp3) is 0.556. The van der Waals surface area contributed by atoms with E-state index in [1.807, 2.05) is 43.0 Å². The SMILES string of the molecule is CCCC(=O)Nc1cccc(NC2CCN(C(=O)NCC)CC2)c1. The van der Waals surface area contributed by atoms with Crippen LogP contribution in [0.5, 0.6) is 0 Å². The van der Waals surface area contributed by atoms with Crippen molar-refractivity contribution in [1.29, 1.82) is 0 Å². The predicted octanol–water partition coefficient (Wildman–Crippen LogP) is 3.03. The molecule has 1 aromatic carbocycles. The first-order valence-corrected chi connectivity index (χ1v) is 8.81. The molecule has 24 heavy (non-hydrogen) atoms. The van der Waals surface area contributed by atoms with Gasteiger partial charge in [0.05, 0.1) is 0 Å². The third-order valence-corrected chi connectivity index (χ3v) is 4.10. The highest BCUT2D eigenvalue weighted by Crippen LogP contribution is 2.20. The summed E-state index contributed by atoms with van der Waals surface area (Å²) in [7, 11) is 0. The first-order valence-electron chi connectivity index (χ1n) is 8.81. The summed E-state index contributed by atoms with van der Waals surface area (Å²) in [5.41, 5.74) is 1.82. The lowest BCUT2D eigenvalue weighted by Gasteiger charge is -2.32. The molecule has 0 radical (unpaired) electrons. The zero-order valence-electron chi connectivity index (χ0n) is 14.6. The lowest BCUT2D eigenvalue weighted by atomic mass is 10.0. The molecule has 1 heterocycles. The minimum absolute atomic E-state index is 0.0246. The van der Waals surface area contributed by atoms with E-state index in [4.69, 9.17) is 0 Å². The van der Waals surface area contributed by atoms with Gasteiger partial charge in [-0.1, -0.05) is 13.0 Å². The number of carbonyl (C=O) groups is 2. The fourth-order valence-corrected chi connectivity index (χ4v) is 2.86. The van der Waals surface area contributed by atoms with E-state index in [2.05, 4.69) is 16.0 Å². The molecule has 0 aromatic heterocycles. The van der Waals surface area contributed by atoms with Gasteiger partial charge in [0, 0.05) is 43.5 Å². The van der Waals surface area contributed by atoms with Gasteiger partial charge in [0.25, 0.3) is 0 Å². The number of amides is 3. The number of hydrogen-bond donors (Lipinski definition) is 3. The van der Waals surface area contributed by atoms with E-state index in [0.717, 1.165) is 43.7 Å². The van der Waals surface area contributed by atoms with Crippen LogP contribution in [0.3, 0.4) is 0 Å². The summed E-state index contributed by atoms with van der Waals surface area (Å²) in [6.07, 6.45) is 3.22. The molecule has 0 saturated carbocycles. The molecule has 6 heteroatoms. The van der Waals surface area contributed by atoms with Gasteiger partial charge in [-0.15, -0.1) is 0 Å². The number of benzene rings is 1. The van der Waals surface area contributed by atoms with Crippen LogP contribution < -0.4 is 16.0 Å². The second-order valence-corrected chi connectivity index (χ2v) is 6.12. The Morgan fingerprint density at radius 2 is 1.88 bits per heavy atom. The third-order valence-electron chi connectivity index (χ3n) is 4.10. The van der Waals surface area contributed by atoms with Gasteiger partial charge >= 0.3 is 6.03 Å². The third kappa shape index (κ3) is 5.44. The van der Waals surface area contributed by atoms with Crippen molar-refractivity contribution in [2.45, 2.75) is 45.6 Å². The second kappa shape index (κ2) is 9.15. The highest BCUT2D eigenvalue weighted by molar-refractivity contribution is 5.91. The quantitative estimate of drug-likeness (QED) is 0.750. The average molecular weight is 332 g/mol. The molecular formula is C18H28N4O2. The van der Waals surface area contributed by atoms with E-state index in [9.17, 15) is 9.59 Å². The summed E-state index contributed by atoms with van der Waals surface area (Å²) in [5.74, 6) is 0.0462. The minimum atomic E-state index is 0.0246. The summed E-state index contributed by atoms with van der Waals surface area (Å²) in [6, 6.07) is 8.17. The Bertz CT molecular complexity index is 554. The molecule has 1 saturated heterocycles. The van der Waals surface area contributed by atoms with Gasteiger partial charge in [-0.05, 0) is 44.4 Å². The molecule has 0 unspecified atom stereocenters. The maximum atomic E-state index is 11.8. The molecule has 1 aromatic rings. The summed E-state index contributed by atoms with van der Waals surface area (Å²) in [5, 5.41) is 9.27. The van der Waals surface area contributed by atoms with Crippen molar-refractivity contribution in [3.8, 4) is 0 Å². The zero-order chi connectivity index (χ0) is 17.4. The Kier molecular flexibility index (Phi) is 6.90. The van der Waals surface area contributed by atoms with Crippen LogP contribution in [0, 0.1) is 0 Å². The number of hydrogen-bond acceptors (Lipinski definition) is 3. The van der Waals surface area contributed by atoms with Crippen LogP contribution in [0.15, 0.2) is 24.3 Å². The highest BCUT2D eigenvalue weighted by Gasteiger charge is 2.22. The molecule has 1 aliphatic rings. The van der Waals surface area contributed by atoms with Crippen LogP contribution in [0.25, 0.3) is 0 Å². The van der Waals surface area contributed by atoms with Gasteiger partial charge in [0.15, 0.2) is 0 Å². The molecule has 1 fully saturated rings. The number of carbonyl (C=O) groups excluding carboxylic acids is 2. The number of nitrogens with zero attached hydrogens (tertiary/aromatic N) is 1. The van der Waals surface area contributed by atoms with Crippen LogP contribution in [0.4, 0.5) is 16.2 Å². The molecule has 132 valence electrons. The number of nitrogens with one attached hydrogen (secondary N) is 3. The number of anilines is 2. The number of likely N-dealkylation sites (tertiary alicyclic amines) is 1. The van der Waals surface area contributed by atoms with E-state index >= 15 is 0 Å². The lowest BCUT2D eigenvalue weighted by molar-refractivity contribution is -0.116. The Morgan fingerprint density at radius 3 is 2.54 bits per heavy atom. The van der Waals surface area contributed by atoms with Gasteiger partial charge in [0.1, 0.15) is 0 Å². The second-order valence-electron chi connectivity index (χ2n) is 6.12. The van der Waals surface area contributed by atoms with Crippen LogP contribution >= 0.6 is 0 Å². The smallest absolute Gasteiger partial charge is 0.317 e. The normalized spacial score (nSPS) is 15.0. The molecule has 3 N–H and O–H groups in total. The Morgan fingerprint density at radius 1 is 1.17 bits per heavy atom. The first kappa shape index (κ1) is 18.1. The number of piperidine rings is 1. The summed E-state index contributed by atoms with van der Waals surface area (Å²) >= 11 is 0. The van der Waals surface area contributed by atoms with Gasteiger partial charge in [0.2, 0.25) is 5.91 Å². The van der Waals surface area contributed by atoms with Gasteiger partial charge in [-0.2, -0.15) is 0 Å². The summed E-state index contributed by atoms with van der Waals surface area (Å²) in [4.78, 5) is 25.4. The van der Waals surface area contributed by atoms with Gasteiger partial charge in [-0.3, -0.25) is 4.79 Å². The van der Waals surface area contributed by atoms with Crippen molar-refractivity contribution in [1.82, 2.24) is 10.2 Å². The van der Waals surface area contributed by atoms with Gasteiger partial charge < -0.3 is 20.9 Å². The van der Waals surface area contributed by atoms with E-state index in [0.29, 0.717) is 19.0 Å². The standard InChI is InChI=1S/C18H28N4O2/c1-3-6-17(23)21-16-8-5-7-15(13-16)20-14-9-11-22(12-10-14)18(24)19-4-2/h5,7-8,13-14,20H,3-4,6,9-12H2,1-2H3,(H,19,24)(H,21,23). The largest absolute Gasteiger partial charge is 0.382 e. The lowest BCUT2D eigenvalue weighted by Crippen LogP contribution is -2.46. The maximum Gasteiger partial charge on any atom is 0.317 e. The van der Waals surface area contributed by atoms with E-state index < -0.39 is 0 Å². The summed E-state index contributed by atoms with van der Waals surface area (Å²) in [6.45, 7) is 6.10. The van der Waals surface area contributed by atoms with Crippen molar-refractivity contribution in [3.63, 3.8) is 0 Å². The molecule has 2 rings (SSSR count). The van der Waals surface area contributed by atoms with Crippen molar-refractivity contribution < 1.29 is 9.59 Å². The molecule has 0 aliphatic carbocycles. The maximum absolute atomic E-state index is 11.8. The van der Waals surface area contributed by atoms with E-state index in [1.54, 1.807) is 0 Å². The summed E-state index contributed by atoms with van der Waals surface area (Å²) < 4.78 is 0. The Balaban J connectivity index is 1.84. The fourth-order valence-electron chi connectivity index (χ4n) is 2.86. The molecule has 3 amide bonds. The number of rotatable bonds is 6. The van der Waals surface area contributed by atoms with Crippen LogP contribution in [0.2, 0.25) is 0 Å².